The van der Waals surface area contributed by atoms with E-state index in [9.17, 15) is 19.2 Å². The average Bonchev–Trinajstić information content (AvgIpc) is 3.35. The Morgan fingerprint density at radius 3 is 1.74 bits per heavy atom. The van der Waals surface area contributed by atoms with Crippen LogP contribution in [-0.4, -0.2) is 74.1 Å². The molecule has 0 aliphatic carbocycles. The van der Waals surface area contributed by atoms with Crippen molar-refractivity contribution in [2.24, 2.45) is 17.4 Å². The molecule has 6 rings (SSSR count). The molecule has 3 atom stereocenters. The quantitative estimate of drug-likeness (QED) is 0.0176. The summed E-state index contributed by atoms with van der Waals surface area (Å²) in [7, 11) is 0. The predicted molar refractivity (Wildman–Crippen MR) is 270 cm³/mol. The molecule has 0 aliphatic heterocycles. The Balaban J connectivity index is 1.22. The average molecular weight is 938 g/mol. The molecular weight excluding hydrogens is 871 g/mol. The normalized spacial score (nSPS) is 12.4. The van der Waals surface area contributed by atoms with Crippen molar-refractivity contribution in [2.75, 3.05) is 26.3 Å². The van der Waals surface area contributed by atoms with Crippen LogP contribution in [0.15, 0.2) is 133 Å². The van der Waals surface area contributed by atoms with E-state index < -0.39 is 48.4 Å². The number of rotatable bonds is 26. The van der Waals surface area contributed by atoms with Gasteiger partial charge in [0.1, 0.15) is 36.2 Å². The van der Waals surface area contributed by atoms with Crippen LogP contribution in [0.3, 0.4) is 0 Å². The first-order valence-corrected chi connectivity index (χ1v) is 23.9. The van der Waals surface area contributed by atoms with Gasteiger partial charge in [0.15, 0.2) is 6.61 Å². The minimum Gasteiger partial charge on any atom is -0.493 e. The number of nitrogens with one attached hydrogen (secondary N) is 4. The first kappa shape index (κ1) is 51.0. The van der Waals surface area contributed by atoms with Gasteiger partial charge in [0.25, 0.3) is 5.91 Å². The first-order valence-electron chi connectivity index (χ1n) is 23.9. The Hall–Kier alpha value is -7.45. The molecule has 0 unspecified atom stereocenters. The van der Waals surface area contributed by atoms with E-state index in [1.165, 1.54) is 0 Å². The Bertz CT molecular complexity index is 2660. The summed E-state index contributed by atoms with van der Waals surface area (Å²) < 4.78 is 18.6. The fourth-order valence-electron chi connectivity index (χ4n) is 8.22. The largest absolute Gasteiger partial charge is 0.493 e. The van der Waals surface area contributed by atoms with Gasteiger partial charge in [-0.05, 0) is 89.2 Å². The molecule has 14 heteroatoms. The highest BCUT2D eigenvalue weighted by Gasteiger charge is 2.31. The van der Waals surface area contributed by atoms with Gasteiger partial charge in [0.2, 0.25) is 11.8 Å². The molecule has 0 saturated carbocycles. The zero-order chi connectivity index (χ0) is 49.0. The number of benzene rings is 6. The van der Waals surface area contributed by atoms with E-state index >= 15 is 0 Å². The third-order valence-electron chi connectivity index (χ3n) is 11.7. The van der Waals surface area contributed by atoms with Gasteiger partial charge in [-0.15, -0.1) is 0 Å². The number of ether oxygens (including phenoxy) is 3. The van der Waals surface area contributed by atoms with Crippen LogP contribution in [-0.2, 0) is 36.9 Å². The van der Waals surface area contributed by atoms with Gasteiger partial charge < -0.3 is 35.9 Å². The maximum absolute atomic E-state index is 14.3. The molecule has 0 saturated heterocycles. The van der Waals surface area contributed by atoms with Crippen LogP contribution in [0.1, 0.15) is 63.5 Å². The number of guanidine groups is 1. The molecule has 0 heterocycles. The van der Waals surface area contributed by atoms with Crippen molar-refractivity contribution < 1.29 is 44.1 Å². The molecule has 0 aromatic heterocycles. The van der Waals surface area contributed by atoms with Gasteiger partial charge >= 0.3 is 11.9 Å². The summed E-state index contributed by atoms with van der Waals surface area (Å²) in [5.41, 5.74) is 18.8. The van der Waals surface area contributed by atoms with E-state index in [1.54, 1.807) is 0 Å². The zero-order valence-electron chi connectivity index (χ0n) is 39.7. The van der Waals surface area contributed by atoms with E-state index in [4.69, 9.17) is 25.7 Å². The van der Waals surface area contributed by atoms with Gasteiger partial charge in [0, 0.05) is 17.5 Å². The van der Waals surface area contributed by atoms with Gasteiger partial charge in [-0.1, -0.05) is 135 Å². The van der Waals surface area contributed by atoms with E-state index in [1.807, 2.05) is 123 Å². The van der Waals surface area contributed by atoms with Gasteiger partial charge in [-0.2, -0.15) is 0 Å². The minimum atomic E-state index is -1.08. The molecule has 3 amide bonds. The van der Waals surface area contributed by atoms with E-state index in [2.05, 4.69) is 50.9 Å². The molecule has 0 fully saturated rings. The van der Waals surface area contributed by atoms with E-state index in [0.717, 1.165) is 43.8 Å². The number of amides is 3. The third-order valence-corrected chi connectivity index (χ3v) is 11.7. The van der Waals surface area contributed by atoms with E-state index in [-0.39, 0.29) is 31.3 Å². The highest BCUT2D eigenvalue weighted by atomic mass is 16.5. The number of carbonyl (C=O) groups excluding carboxylic acids is 4. The van der Waals surface area contributed by atoms with Crippen LogP contribution in [0.2, 0.25) is 0 Å². The van der Waals surface area contributed by atoms with Crippen molar-refractivity contribution in [3.63, 3.8) is 0 Å². The smallest absolute Gasteiger partial charge is 0.338 e. The Morgan fingerprint density at radius 2 is 1.14 bits per heavy atom. The summed E-state index contributed by atoms with van der Waals surface area (Å²) in [5, 5.41) is 12.5. The minimum absolute atomic E-state index is 0.0224. The number of fused-ring (bicyclic) bond motifs is 2. The van der Waals surface area contributed by atoms with Crippen molar-refractivity contribution in [3.8, 4) is 22.6 Å². The van der Waals surface area contributed by atoms with Crippen molar-refractivity contribution in [1.29, 1.82) is 0 Å². The summed E-state index contributed by atoms with van der Waals surface area (Å²) in [5.74, 6) is -1.04. The predicted octanol–water partition coefficient (Wildman–Crippen LogP) is 4.45. The van der Waals surface area contributed by atoms with Crippen LogP contribution in [0.4, 0.5) is 0 Å². The van der Waals surface area contributed by atoms with Gasteiger partial charge in [-0.25, -0.2) is 4.79 Å². The SMILES string of the molecule is CC(C)C[C@H](NC(=O)[C@@H](CCC[NH+]=C(N)N)NC(=O)[C@@H](CCCC[NH3+])NC(=O)COc1ccc2ccccc2c1-c1c(OCCc2ccccc2)ccc2ccccc12)C(=O)OCc1ccccc1. The maximum atomic E-state index is 14.3. The molecular formula is C55H67N7O7+2. The summed E-state index contributed by atoms with van der Waals surface area (Å²) in [6.07, 6.45) is 3.17. The van der Waals surface area contributed by atoms with Crippen molar-refractivity contribution >= 4 is 51.2 Å². The van der Waals surface area contributed by atoms with Crippen molar-refractivity contribution in [3.05, 3.63) is 145 Å². The number of quaternary nitrogens is 1. The van der Waals surface area contributed by atoms with Crippen LogP contribution in [0.25, 0.3) is 32.7 Å². The summed E-state index contributed by atoms with van der Waals surface area (Å²) in [6, 6.07) is 40.3. The number of esters is 1. The van der Waals surface area contributed by atoms with Crippen LogP contribution in [0, 0.1) is 5.92 Å². The molecule has 0 radical (unpaired) electrons. The molecule has 0 aliphatic rings. The molecule has 6 aromatic carbocycles. The van der Waals surface area contributed by atoms with E-state index in [0.29, 0.717) is 63.3 Å². The Kier molecular flexibility index (Phi) is 19.3. The molecule has 0 spiro atoms. The third kappa shape index (κ3) is 15.3. The highest BCUT2D eigenvalue weighted by molar-refractivity contribution is 6.10. The number of nitrogens with two attached hydrogens (primary N) is 2. The maximum Gasteiger partial charge on any atom is 0.338 e. The Morgan fingerprint density at radius 1 is 0.609 bits per heavy atom. The lowest BCUT2D eigenvalue weighted by molar-refractivity contribution is -0.459. The summed E-state index contributed by atoms with van der Waals surface area (Å²) >= 11 is 0. The second-order valence-corrected chi connectivity index (χ2v) is 17.5. The van der Waals surface area contributed by atoms with Crippen LogP contribution in [0.5, 0.6) is 11.5 Å². The Labute approximate surface area is 404 Å². The second-order valence-electron chi connectivity index (χ2n) is 17.5. The van der Waals surface area contributed by atoms with Crippen molar-refractivity contribution in [1.82, 2.24) is 16.0 Å². The van der Waals surface area contributed by atoms with Gasteiger partial charge in [-0.3, -0.25) is 30.8 Å². The van der Waals surface area contributed by atoms with Crippen LogP contribution >= 0.6 is 0 Å². The monoisotopic (exact) mass is 938 g/mol. The lowest BCUT2D eigenvalue weighted by Gasteiger charge is -2.26. The number of carbonyl (C=O) groups is 4. The standard InChI is InChI=1S/C55H65N7O7/c1-37(2)34-46(54(66)69-35-39-18-7-4-8-19-39)62-53(65)45(25-15-32-59-55(57)58)61-52(64)44(24-13-14-31-56)60-49(63)36-68-48-29-27-41-21-10-12-23-43(41)51(48)50-42-22-11-9-20-40(42)26-28-47(50)67-33-30-38-16-5-3-6-17-38/h3-12,16-23,26-29,37,44-46H,13-15,24-25,30-36,56H2,1-2H3,(H,60,63)(H,61,64)(H,62,65)(H4,57,58,59)/p+2/t44-,45-,46+/m1/s1. The van der Waals surface area contributed by atoms with Crippen LogP contribution < -0.4 is 47.6 Å². The molecule has 11 N–H and O–H groups in total. The molecule has 6 aromatic rings. The first-order chi connectivity index (χ1) is 33.5. The topological polar surface area (TPSA) is 226 Å². The lowest BCUT2D eigenvalue weighted by Crippen LogP contribution is -2.78. The fraction of sp³-hybridized carbons (Fsp3) is 0.327. The molecule has 362 valence electrons. The summed E-state index contributed by atoms with van der Waals surface area (Å²) in [6.45, 7) is 4.92. The van der Waals surface area contributed by atoms with Gasteiger partial charge in [0.05, 0.1) is 19.7 Å². The summed E-state index contributed by atoms with van der Waals surface area (Å²) in [4.78, 5) is 58.6. The highest BCUT2D eigenvalue weighted by Crippen LogP contribution is 2.45. The molecule has 14 nitrogen and oxygen atoms in total. The lowest BCUT2D eigenvalue weighted by atomic mass is 9.92. The second kappa shape index (κ2) is 26.2. The zero-order valence-corrected chi connectivity index (χ0v) is 39.7. The number of unbranched alkanes of at least 4 members (excludes halogenated alkanes) is 1. The fourth-order valence-corrected chi connectivity index (χ4v) is 8.22. The molecule has 0 bridgehead atoms. The van der Waals surface area contributed by atoms with Crippen molar-refractivity contribution in [2.45, 2.75) is 83.5 Å². The molecule has 69 heavy (non-hydrogen) atoms. The number of hydrogen-bond acceptors (Lipinski definition) is 7. The number of hydrogen-bond donors (Lipinski definition) is 7.